The summed E-state index contributed by atoms with van der Waals surface area (Å²) in [5.41, 5.74) is 0.103. The molecular formula is C18H29NO. The van der Waals surface area contributed by atoms with E-state index >= 15 is 0 Å². The lowest BCUT2D eigenvalue weighted by molar-refractivity contribution is -0.149. The number of ketones is 1. The first-order valence-corrected chi connectivity index (χ1v) is 8.95. The van der Waals surface area contributed by atoms with Crippen molar-refractivity contribution in [3.8, 4) is 0 Å². The molecule has 1 saturated heterocycles. The van der Waals surface area contributed by atoms with Gasteiger partial charge in [0.25, 0.3) is 0 Å². The highest BCUT2D eigenvalue weighted by Gasteiger charge is 2.55. The van der Waals surface area contributed by atoms with Gasteiger partial charge in [-0.2, -0.15) is 0 Å². The topological polar surface area (TPSA) is 20.3 Å². The van der Waals surface area contributed by atoms with Crippen LogP contribution in [0.25, 0.3) is 0 Å². The third-order valence-electron chi connectivity index (χ3n) is 6.88. The standard InChI is InChI=1S/C18H29NO/c1-13(19-5-3-2-4-6-19)17(20)18-10-14-7-15(11-18)9-16(8-14)12-18/h13-16H,2-12H2,1H3/t13-,14?,15?,16?,18?/m1/s1. The number of rotatable bonds is 3. The molecule has 2 heteroatoms. The van der Waals surface area contributed by atoms with E-state index in [0.717, 1.165) is 30.8 Å². The molecule has 5 rings (SSSR count). The summed E-state index contributed by atoms with van der Waals surface area (Å²) in [6.07, 6.45) is 11.9. The Kier molecular flexibility index (Phi) is 3.21. The quantitative estimate of drug-likeness (QED) is 0.783. The van der Waals surface area contributed by atoms with Crippen molar-refractivity contribution in [1.82, 2.24) is 4.90 Å². The molecule has 0 radical (unpaired) electrons. The molecule has 0 aromatic heterocycles. The maximum absolute atomic E-state index is 13.3. The van der Waals surface area contributed by atoms with Gasteiger partial charge in [0, 0.05) is 5.41 Å². The summed E-state index contributed by atoms with van der Waals surface area (Å²) in [4.78, 5) is 15.7. The average Bonchev–Trinajstić information content (AvgIpc) is 2.45. The zero-order valence-electron chi connectivity index (χ0n) is 12.9. The average molecular weight is 275 g/mol. The van der Waals surface area contributed by atoms with Crippen molar-refractivity contribution in [1.29, 1.82) is 0 Å². The molecule has 0 aromatic carbocycles. The summed E-state index contributed by atoms with van der Waals surface area (Å²) in [6, 6.07) is 0.187. The van der Waals surface area contributed by atoms with Crippen LogP contribution in [0.15, 0.2) is 0 Å². The molecule has 112 valence electrons. The Labute approximate surface area is 123 Å². The maximum atomic E-state index is 13.3. The number of carbonyl (C=O) groups is 1. The molecule has 4 bridgehead atoms. The molecule has 4 saturated carbocycles. The summed E-state index contributed by atoms with van der Waals surface area (Å²) >= 11 is 0. The van der Waals surface area contributed by atoms with Gasteiger partial charge >= 0.3 is 0 Å². The lowest BCUT2D eigenvalue weighted by Crippen LogP contribution is -2.55. The molecule has 2 nitrogen and oxygen atoms in total. The van der Waals surface area contributed by atoms with Gasteiger partial charge in [-0.1, -0.05) is 6.42 Å². The first-order chi connectivity index (χ1) is 9.66. The summed E-state index contributed by atoms with van der Waals surface area (Å²) in [5.74, 6) is 3.29. The molecule has 0 unspecified atom stereocenters. The van der Waals surface area contributed by atoms with E-state index in [0.29, 0.717) is 5.78 Å². The van der Waals surface area contributed by atoms with Crippen molar-refractivity contribution in [3.05, 3.63) is 0 Å². The highest BCUT2D eigenvalue weighted by atomic mass is 16.1. The molecule has 5 aliphatic rings. The summed E-state index contributed by atoms with van der Waals surface area (Å²) in [5, 5.41) is 0. The van der Waals surface area contributed by atoms with Gasteiger partial charge in [-0.25, -0.2) is 0 Å². The van der Waals surface area contributed by atoms with Crippen LogP contribution < -0.4 is 0 Å². The van der Waals surface area contributed by atoms with E-state index in [1.807, 2.05) is 0 Å². The normalized spacial score (nSPS) is 45.5. The predicted molar refractivity (Wildman–Crippen MR) is 80.5 cm³/mol. The first-order valence-electron chi connectivity index (χ1n) is 8.95. The Balaban J connectivity index is 1.52. The van der Waals surface area contributed by atoms with Crippen molar-refractivity contribution in [3.63, 3.8) is 0 Å². The smallest absolute Gasteiger partial charge is 0.155 e. The second kappa shape index (κ2) is 4.83. The summed E-state index contributed by atoms with van der Waals surface area (Å²) in [6.45, 7) is 4.50. The van der Waals surface area contributed by atoms with Crippen LogP contribution in [0.2, 0.25) is 0 Å². The van der Waals surface area contributed by atoms with Crippen LogP contribution in [-0.2, 0) is 4.79 Å². The third-order valence-corrected chi connectivity index (χ3v) is 6.88. The van der Waals surface area contributed by atoms with E-state index in [4.69, 9.17) is 0 Å². The number of nitrogens with zero attached hydrogens (tertiary/aromatic N) is 1. The fourth-order valence-corrected chi connectivity index (χ4v) is 6.33. The fourth-order valence-electron chi connectivity index (χ4n) is 6.33. The second-order valence-electron chi connectivity index (χ2n) is 8.33. The van der Waals surface area contributed by atoms with Crippen LogP contribution in [-0.4, -0.2) is 29.8 Å². The highest BCUT2D eigenvalue weighted by molar-refractivity contribution is 5.89. The van der Waals surface area contributed by atoms with Crippen molar-refractivity contribution < 1.29 is 4.79 Å². The van der Waals surface area contributed by atoms with Crippen molar-refractivity contribution >= 4 is 5.78 Å². The minimum absolute atomic E-state index is 0.103. The number of Topliss-reactive ketones (excluding diaryl/α,β-unsaturated/α-hetero) is 1. The Morgan fingerprint density at radius 2 is 1.45 bits per heavy atom. The molecule has 0 N–H and O–H groups in total. The molecule has 20 heavy (non-hydrogen) atoms. The lowest BCUT2D eigenvalue weighted by Gasteiger charge is -2.57. The minimum Gasteiger partial charge on any atom is -0.297 e. The molecule has 0 spiro atoms. The van der Waals surface area contributed by atoms with Gasteiger partial charge in [-0.15, -0.1) is 0 Å². The van der Waals surface area contributed by atoms with Gasteiger partial charge in [0.2, 0.25) is 0 Å². The third kappa shape index (κ3) is 2.06. The van der Waals surface area contributed by atoms with E-state index in [1.165, 1.54) is 57.8 Å². The zero-order chi connectivity index (χ0) is 13.7. The van der Waals surface area contributed by atoms with E-state index in [9.17, 15) is 4.79 Å². The van der Waals surface area contributed by atoms with Crippen molar-refractivity contribution in [2.45, 2.75) is 70.8 Å². The predicted octanol–water partition coefficient (Wildman–Crippen LogP) is 3.65. The van der Waals surface area contributed by atoms with Gasteiger partial charge < -0.3 is 0 Å². The van der Waals surface area contributed by atoms with E-state index in [1.54, 1.807) is 0 Å². The molecule has 1 heterocycles. The van der Waals surface area contributed by atoms with Crippen molar-refractivity contribution in [2.75, 3.05) is 13.1 Å². The van der Waals surface area contributed by atoms with Gasteiger partial charge in [0.1, 0.15) is 0 Å². The molecule has 0 aromatic rings. The minimum atomic E-state index is 0.103. The molecule has 1 aliphatic heterocycles. The fraction of sp³-hybridized carbons (Fsp3) is 0.944. The molecule has 4 aliphatic carbocycles. The van der Waals surface area contributed by atoms with Gasteiger partial charge in [0.05, 0.1) is 6.04 Å². The Hall–Kier alpha value is -0.370. The van der Waals surface area contributed by atoms with Crippen LogP contribution in [0.5, 0.6) is 0 Å². The Bertz CT molecular complexity index is 361. The highest BCUT2D eigenvalue weighted by Crippen LogP contribution is 2.60. The molecule has 1 atom stereocenters. The first kappa shape index (κ1) is 13.3. The molecular weight excluding hydrogens is 246 g/mol. The Morgan fingerprint density at radius 3 is 1.95 bits per heavy atom. The number of hydrogen-bond donors (Lipinski definition) is 0. The number of piperidine rings is 1. The van der Waals surface area contributed by atoms with Crippen molar-refractivity contribution in [2.24, 2.45) is 23.2 Å². The largest absolute Gasteiger partial charge is 0.297 e. The van der Waals surface area contributed by atoms with Crippen LogP contribution in [0.4, 0.5) is 0 Å². The van der Waals surface area contributed by atoms with E-state index in [-0.39, 0.29) is 11.5 Å². The maximum Gasteiger partial charge on any atom is 0.155 e. The Morgan fingerprint density at radius 1 is 0.950 bits per heavy atom. The number of carbonyl (C=O) groups excluding carboxylic acids is 1. The number of hydrogen-bond acceptors (Lipinski definition) is 2. The van der Waals surface area contributed by atoms with Gasteiger partial charge in [-0.05, 0) is 89.1 Å². The van der Waals surface area contributed by atoms with Crippen LogP contribution in [0, 0.1) is 23.2 Å². The monoisotopic (exact) mass is 275 g/mol. The van der Waals surface area contributed by atoms with Gasteiger partial charge in [0.15, 0.2) is 5.78 Å². The van der Waals surface area contributed by atoms with Gasteiger partial charge in [-0.3, -0.25) is 9.69 Å². The van der Waals surface area contributed by atoms with E-state index in [2.05, 4.69) is 11.8 Å². The molecule has 0 amide bonds. The summed E-state index contributed by atoms with van der Waals surface area (Å²) < 4.78 is 0. The van der Waals surface area contributed by atoms with Crippen LogP contribution >= 0.6 is 0 Å². The van der Waals surface area contributed by atoms with Crippen LogP contribution in [0.1, 0.15) is 64.7 Å². The zero-order valence-corrected chi connectivity index (χ0v) is 12.9. The second-order valence-corrected chi connectivity index (χ2v) is 8.33. The van der Waals surface area contributed by atoms with Crippen LogP contribution in [0.3, 0.4) is 0 Å². The molecule has 5 fully saturated rings. The lowest BCUT2D eigenvalue weighted by atomic mass is 9.48. The number of likely N-dealkylation sites (tertiary alicyclic amines) is 1. The SMILES string of the molecule is C[C@H](C(=O)C12CC3CC(CC(C3)C1)C2)N1CCCCC1. The summed E-state index contributed by atoms with van der Waals surface area (Å²) in [7, 11) is 0. The van der Waals surface area contributed by atoms with E-state index < -0.39 is 0 Å².